The van der Waals surface area contributed by atoms with Crippen molar-refractivity contribution in [2.45, 2.75) is 0 Å². The molecule has 0 aliphatic heterocycles. The second kappa shape index (κ2) is 5.46. The zero-order valence-electron chi connectivity index (χ0n) is 9.42. The highest BCUT2D eigenvalue weighted by molar-refractivity contribution is 7.10. The summed E-state index contributed by atoms with van der Waals surface area (Å²) in [7, 11) is 1.56. The average molecular weight is 244 g/mol. The van der Waals surface area contributed by atoms with Gasteiger partial charge in [0.05, 0.1) is 12.7 Å². The van der Waals surface area contributed by atoms with Crippen molar-refractivity contribution in [3.63, 3.8) is 0 Å². The molecule has 0 aliphatic rings. The van der Waals surface area contributed by atoms with Crippen LogP contribution in [0.15, 0.2) is 47.9 Å². The van der Waals surface area contributed by atoms with E-state index in [1.54, 1.807) is 36.7 Å². The van der Waals surface area contributed by atoms with Gasteiger partial charge < -0.3 is 4.74 Å². The van der Waals surface area contributed by atoms with E-state index in [4.69, 9.17) is 4.74 Å². The molecule has 0 fully saturated rings. The van der Waals surface area contributed by atoms with E-state index < -0.39 is 0 Å². The predicted molar refractivity (Wildman–Crippen MR) is 70.7 cm³/mol. The molecule has 1 heterocycles. The number of rotatable bonds is 4. The van der Waals surface area contributed by atoms with Crippen molar-refractivity contribution in [1.29, 1.82) is 0 Å². The van der Waals surface area contributed by atoms with E-state index >= 15 is 0 Å². The fraction of sp³-hybridized carbons (Fsp3) is 0.0714. The standard InChI is InChI=1S/C14H12O2S/c1-16-14-7-3-2-6-12(14)13(15)9-8-11-5-4-10-17-11/h2-10H,1H3/b9-8+. The summed E-state index contributed by atoms with van der Waals surface area (Å²) in [5.41, 5.74) is 0.586. The minimum Gasteiger partial charge on any atom is -0.496 e. The topological polar surface area (TPSA) is 26.3 Å². The number of ketones is 1. The normalized spacial score (nSPS) is 10.6. The summed E-state index contributed by atoms with van der Waals surface area (Å²) in [6.45, 7) is 0. The van der Waals surface area contributed by atoms with E-state index in [-0.39, 0.29) is 5.78 Å². The number of allylic oxidation sites excluding steroid dienone is 1. The Bertz CT molecular complexity index is 527. The van der Waals surface area contributed by atoms with Gasteiger partial charge >= 0.3 is 0 Å². The van der Waals surface area contributed by atoms with Crippen LogP contribution in [0.2, 0.25) is 0 Å². The molecule has 0 N–H and O–H groups in total. The summed E-state index contributed by atoms with van der Waals surface area (Å²) in [6, 6.07) is 11.1. The molecule has 0 amide bonds. The van der Waals surface area contributed by atoms with Crippen molar-refractivity contribution in [2.24, 2.45) is 0 Å². The molecular weight excluding hydrogens is 232 g/mol. The van der Waals surface area contributed by atoms with Crippen LogP contribution in [0.3, 0.4) is 0 Å². The molecule has 0 saturated heterocycles. The molecule has 1 aromatic carbocycles. The maximum atomic E-state index is 12.0. The van der Waals surface area contributed by atoms with E-state index in [2.05, 4.69) is 0 Å². The second-order valence-corrected chi connectivity index (χ2v) is 4.39. The van der Waals surface area contributed by atoms with E-state index in [9.17, 15) is 4.79 Å². The lowest BCUT2D eigenvalue weighted by molar-refractivity contribution is 0.104. The van der Waals surface area contributed by atoms with Crippen molar-refractivity contribution in [3.05, 3.63) is 58.3 Å². The number of hydrogen-bond donors (Lipinski definition) is 0. The summed E-state index contributed by atoms with van der Waals surface area (Å²) >= 11 is 1.60. The van der Waals surface area contributed by atoms with Gasteiger partial charge in [-0.2, -0.15) is 0 Å². The minimum absolute atomic E-state index is 0.0455. The highest BCUT2D eigenvalue weighted by Crippen LogP contribution is 2.19. The van der Waals surface area contributed by atoms with Crippen molar-refractivity contribution in [2.75, 3.05) is 7.11 Å². The Balaban J connectivity index is 2.20. The second-order valence-electron chi connectivity index (χ2n) is 3.41. The summed E-state index contributed by atoms with van der Waals surface area (Å²) in [6.07, 6.45) is 3.39. The summed E-state index contributed by atoms with van der Waals surface area (Å²) in [4.78, 5) is 13.0. The van der Waals surface area contributed by atoms with Crippen molar-refractivity contribution in [3.8, 4) is 5.75 Å². The van der Waals surface area contributed by atoms with Crippen LogP contribution in [-0.4, -0.2) is 12.9 Å². The van der Waals surface area contributed by atoms with Gasteiger partial charge in [0.1, 0.15) is 5.75 Å². The Morgan fingerprint density at radius 2 is 2.06 bits per heavy atom. The SMILES string of the molecule is COc1ccccc1C(=O)/C=C/c1cccs1. The zero-order chi connectivity index (χ0) is 12.1. The number of benzene rings is 1. The van der Waals surface area contributed by atoms with Crippen molar-refractivity contribution in [1.82, 2.24) is 0 Å². The van der Waals surface area contributed by atoms with Gasteiger partial charge in [0.2, 0.25) is 0 Å². The summed E-state index contributed by atoms with van der Waals surface area (Å²) in [5, 5.41) is 1.98. The number of methoxy groups -OCH3 is 1. The number of hydrogen-bond acceptors (Lipinski definition) is 3. The van der Waals surface area contributed by atoms with Crippen LogP contribution in [0.25, 0.3) is 6.08 Å². The molecule has 0 aliphatic carbocycles. The van der Waals surface area contributed by atoms with Crippen molar-refractivity contribution < 1.29 is 9.53 Å². The molecule has 2 aromatic rings. The fourth-order valence-electron chi connectivity index (χ4n) is 1.48. The van der Waals surface area contributed by atoms with Crippen LogP contribution in [0.1, 0.15) is 15.2 Å². The molecule has 17 heavy (non-hydrogen) atoms. The molecule has 86 valence electrons. The molecule has 3 heteroatoms. The zero-order valence-corrected chi connectivity index (χ0v) is 10.2. The van der Waals surface area contributed by atoms with Gasteiger partial charge in [-0.1, -0.05) is 18.2 Å². The Labute approximate surface area is 104 Å². The van der Waals surface area contributed by atoms with Crippen LogP contribution >= 0.6 is 11.3 Å². The first-order valence-corrected chi connectivity index (χ1v) is 6.08. The highest BCUT2D eigenvalue weighted by Gasteiger charge is 2.07. The third kappa shape index (κ3) is 2.82. The maximum Gasteiger partial charge on any atom is 0.189 e. The lowest BCUT2D eigenvalue weighted by Crippen LogP contribution is -1.98. The first kappa shape index (κ1) is 11.6. The number of carbonyl (C=O) groups is 1. The first-order chi connectivity index (χ1) is 8.31. The van der Waals surface area contributed by atoms with Crippen LogP contribution < -0.4 is 4.74 Å². The Morgan fingerprint density at radius 1 is 1.24 bits per heavy atom. The molecule has 0 saturated carbocycles. The molecule has 0 spiro atoms. The lowest BCUT2D eigenvalue weighted by atomic mass is 10.1. The van der Waals surface area contributed by atoms with E-state index in [1.165, 1.54) is 0 Å². The fourth-order valence-corrected chi connectivity index (χ4v) is 2.10. The maximum absolute atomic E-state index is 12.0. The van der Waals surface area contributed by atoms with Crippen LogP contribution in [0.5, 0.6) is 5.75 Å². The van der Waals surface area contributed by atoms with Gasteiger partial charge in [-0.15, -0.1) is 11.3 Å². The molecule has 0 radical (unpaired) electrons. The largest absolute Gasteiger partial charge is 0.496 e. The van der Waals surface area contributed by atoms with Crippen LogP contribution in [0, 0.1) is 0 Å². The van der Waals surface area contributed by atoms with Gasteiger partial charge in [0.25, 0.3) is 0 Å². The third-order valence-corrected chi connectivity index (χ3v) is 3.15. The van der Waals surface area contributed by atoms with Gasteiger partial charge in [-0.25, -0.2) is 0 Å². The van der Waals surface area contributed by atoms with E-state index in [0.717, 1.165) is 4.88 Å². The van der Waals surface area contributed by atoms with Gasteiger partial charge in [0.15, 0.2) is 5.78 Å². The molecule has 1 aromatic heterocycles. The lowest BCUT2D eigenvalue weighted by Gasteiger charge is -2.03. The number of ether oxygens (including phenoxy) is 1. The molecule has 2 nitrogen and oxygen atoms in total. The number of thiophene rings is 1. The monoisotopic (exact) mass is 244 g/mol. The van der Waals surface area contributed by atoms with E-state index in [1.807, 2.05) is 35.7 Å². The third-order valence-electron chi connectivity index (χ3n) is 2.31. The molecule has 2 rings (SSSR count). The van der Waals surface area contributed by atoms with Gasteiger partial charge in [-0.05, 0) is 35.7 Å². The quantitative estimate of drug-likeness (QED) is 0.606. The minimum atomic E-state index is -0.0455. The predicted octanol–water partition coefficient (Wildman–Crippen LogP) is 3.65. The van der Waals surface area contributed by atoms with Crippen molar-refractivity contribution >= 4 is 23.2 Å². The highest BCUT2D eigenvalue weighted by atomic mass is 32.1. The Hall–Kier alpha value is -1.87. The van der Waals surface area contributed by atoms with Crippen LogP contribution in [-0.2, 0) is 0 Å². The first-order valence-electron chi connectivity index (χ1n) is 5.20. The number of carbonyl (C=O) groups excluding carboxylic acids is 1. The molecule has 0 atom stereocenters. The van der Waals surface area contributed by atoms with Gasteiger partial charge in [-0.3, -0.25) is 4.79 Å². The Kier molecular flexibility index (Phi) is 3.73. The van der Waals surface area contributed by atoms with Gasteiger partial charge in [0, 0.05) is 4.88 Å². The molecular formula is C14H12O2S. The molecule has 0 unspecified atom stereocenters. The number of para-hydroxylation sites is 1. The molecule has 0 bridgehead atoms. The summed E-state index contributed by atoms with van der Waals surface area (Å²) in [5.74, 6) is 0.559. The summed E-state index contributed by atoms with van der Waals surface area (Å²) < 4.78 is 5.15. The average Bonchev–Trinajstić information content (AvgIpc) is 2.89. The van der Waals surface area contributed by atoms with E-state index in [0.29, 0.717) is 11.3 Å². The van der Waals surface area contributed by atoms with Crippen LogP contribution in [0.4, 0.5) is 0 Å². The Morgan fingerprint density at radius 3 is 2.76 bits per heavy atom. The smallest absolute Gasteiger partial charge is 0.189 e.